The first-order chi connectivity index (χ1) is 6.69. The fraction of sp³-hybridized carbons (Fsp3) is 0.444. The van der Waals surface area contributed by atoms with Gasteiger partial charge in [0.05, 0.1) is 11.8 Å². The number of hydrogen-bond acceptors (Lipinski definition) is 4. The maximum absolute atomic E-state index is 10.7. The first kappa shape index (κ1) is 10.4. The summed E-state index contributed by atoms with van der Waals surface area (Å²) in [5, 5.41) is 16.3. The Labute approximate surface area is 82.4 Å². The lowest BCUT2D eigenvalue weighted by molar-refractivity contribution is 0.0696. The topological polar surface area (TPSA) is 66.3 Å². The Bertz CT molecular complexity index is 324. The van der Waals surface area contributed by atoms with E-state index < -0.39 is 5.97 Å². The largest absolute Gasteiger partial charge is 0.478 e. The Hall–Kier alpha value is -1.65. The van der Waals surface area contributed by atoms with Crippen LogP contribution in [0.2, 0.25) is 0 Å². The van der Waals surface area contributed by atoms with Crippen LogP contribution < -0.4 is 4.90 Å². The zero-order chi connectivity index (χ0) is 10.6. The molecule has 0 aromatic carbocycles. The minimum atomic E-state index is -0.978. The SMILES string of the molecule is CCN(CC)c1cc(C(=O)O)cnn1. The van der Waals surface area contributed by atoms with E-state index in [9.17, 15) is 4.79 Å². The molecule has 1 aromatic rings. The van der Waals surface area contributed by atoms with Gasteiger partial charge in [0.25, 0.3) is 0 Å². The molecule has 14 heavy (non-hydrogen) atoms. The number of nitrogens with zero attached hydrogens (tertiary/aromatic N) is 3. The van der Waals surface area contributed by atoms with Gasteiger partial charge >= 0.3 is 5.97 Å². The van der Waals surface area contributed by atoms with E-state index in [0.717, 1.165) is 13.1 Å². The summed E-state index contributed by atoms with van der Waals surface area (Å²) in [6.45, 7) is 5.54. The molecule has 0 radical (unpaired) electrons. The number of aromatic carboxylic acids is 1. The highest BCUT2D eigenvalue weighted by atomic mass is 16.4. The quantitative estimate of drug-likeness (QED) is 0.777. The van der Waals surface area contributed by atoms with Crippen LogP contribution in [0.4, 0.5) is 5.82 Å². The van der Waals surface area contributed by atoms with Gasteiger partial charge in [-0.1, -0.05) is 0 Å². The molecule has 1 heterocycles. The highest BCUT2D eigenvalue weighted by molar-refractivity contribution is 5.87. The van der Waals surface area contributed by atoms with Crippen molar-refractivity contribution >= 4 is 11.8 Å². The Balaban J connectivity index is 2.98. The van der Waals surface area contributed by atoms with Crippen molar-refractivity contribution in [3.63, 3.8) is 0 Å². The van der Waals surface area contributed by atoms with Crippen molar-refractivity contribution in [1.82, 2.24) is 10.2 Å². The summed E-state index contributed by atoms with van der Waals surface area (Å²) in [6, 6.07) is 1.53. The maximum Gasteiger partial charge on any atom is 0.337 e. The van der Waals surface area contributed by atoms with Crippen molar-refractivity contribution < 1.29 is 9.90 Å². The maximum atomic E-state index is 10.7. The number of carboxylic acid groups (broad SMARTS) is 1. The van der Waals surface area contributed by atoms with Gasteiger partial charge < -0.3 is 10.0 Å². The number of carbonyl (C=O) groups is 1. The van der Waals surface area contributed by atoms with Crippen molar-refractivity contribution in [3.8, 4) is 0 Å². The minimum Gasteiger partial charge on any atom is -0.478 e. The van der Waals surface area contributed by atoms with Gasteiger partial charge in [-0.2, -0.15) is 5.10 Å². The lowest BCUT2D eigenvalue weighted by atomic mass is 10.3. The van der Waals surface area contributed by atoms with Crippen LogP contribution >= 0.6 is 0 Å². The highest BCUT2D eigenvalue weighted by Crippen LogP contribution is 2.10. The van der Waals surface area contributed by atoms with Crippen molar-refractivity contribution in [2.24, 2.45) is 0 Å². The predicted octanol–water partition coefficient (Wildman–Crippen LogP) is 1.02. The molecule has 0 atom stereocenters. The first-order valence-electron chi connectivity index (χ1n) is 4.50. The number of rotatable bonds is 4. The zero-order valence-electron chi connectivity index (χ0n) is 8.27. The van der Waals surface area contributed by atoms with Crippen molar-refractivity contribution in [3.05, 3.63) is 17.8 Å². The molecule has 0 bridgehead atoms. The average molecular weight is 195 g/mol. The summed E-state index contributed by atoms with van der Waals surface area (Å²) in [5.74, 6) is -0.372. The van der Waals surface area contributed by atoms with Gasteiger partial charge in [0.15, 0.2) is 5.82 Å². The van der Waals surface area contributed by atoms with Crippen LogP contribution in [0.15, 0.2) is 12.3 Å². The van der Waals surface area contributed by atoms with Gasteiger partial charge in [0.1, 0.15) is 0 Å². The first-order valence-corrected chi connectivity index (χ1v) is 4.50. The van der Waals surface area contributed by atoms with Gasteiger partial charge in [-0.05, 0) is 19.9 Å². The average Bonchev–Trinajstić information content (AvgIpc) is 2.20. The molecule has 1 rings (SSSR count). The van der Waals surface area contributed by atoms with Gasteiger partial charge in [0.2, 0.25) is 0 Å². The molecule has 5 nitrogen and oxygen atoms in total. The Morgan fingerprint density at radius 2 is 2.14 bits per heavy atom. The minimum absolute atomic E-state index is 0.168. The van der Waals surface area contributed by atoms with E-state index in [4.69, 9.17) is 5.11 Å². The monoisotopic (exact) mass is 195 g/mol. The second-order valence-corrected chi connectivity index (χ2v) is 2.78. The molecule has 1 aromatic heterocycles. The van der Waals surface area contributed by atoms with Crippen LogP contribution in [0.3, 0.4) is 0 Å². The van der Waals surface area contributed by atoms with E-state index in [1.807, 2.05) is 18.7 Å². The number of anilines is 1. The molecule has 0 unspecified atom stereocenters. The van der Waals surface area contributed by atoms with Crippen LogP contribution in [0.1, 0.15) is 24.2 Å². The van der Waals surface area contributed by atoms with Crippen molar-refractivity contribution in [2.45, 2.75) is 13.8 Å². The lowest BCUT2D eigenvalue weighted by Crippen LogP contribution is -2.23. The van der Waals surface area contributed by atoms with Gasteiger partial charge in [-0.25, -0.2) is 4.79 Å². The third kappa shape index (κ3) is 2.18. The Kier molecular flexibility index (Phi) is 3.39. The third-order valence-corrected chi connectivity index (χ3v) is 1.98. The molecular weight excluding hydrogens is 182 g/mol. The van der Waals surface area contributed by atoms with E-state index >= 15 is 0 Å². The van der Waals surface area contributed by atoms with Crippen LogP contribution in [0.5, 0.6) is 0 Å². The molecule has 0 amide bonds. The van der Waals surface area contributed by atoms with Gasteiger partial charge in [-0.3, -0.25) is 0 Å². The highest BCUT2D eigenvalue weighted by Gasteiger charge is 2.08. The third-order valence-electron chi connectivity index (χ3n) is 1.98. The molecule has 0 spiro atoms. The van der Waals surface area contributed by atoms with Gasteiger partial charge in [0, 0.05) is 13.1 Å². The molecule has 0 saturated carbocycles. The molecule has 0 saturated heterocycles. The Morgan fingerprint density at radius 3 is 2.64 bits per heavy atom. The summed E-state index contributed by atoms with van der Waals surface area (Å²) in [7, 11) is 0. The lowest BCUT2D eigenvalue weighted by Gasteiger charge is -2.18. The van der Waals surface area contributed by atoms with E-state index in [1.165, 1.54) is 12.3 Å². The molecule has 5 heteroatoms. The molecule has 0 fully saturated rings. The summed E-state index contributed by atoms with van der Waals surface area (Å²) < 4.78 is 0. The fourth-order valence-corrected chi connectivity index (χ4v) is 1.17. The molecule has 0 aliphatic rings. The van der Waals surface area contributed by atoms with Crippen LogP contribution in [-0.2, 0) is 0 Å². The van der Waals surface area contributed by atoms with Crippen LogP contribution in [-0.4, -0.2) is 34.4 Å². The van der Waals surface area contributed by atoms with Crippen molar-refractivity contribution in [1.29, 1.82) is 0 Å². The van der Waals surface area contributed by atoms with Crippen molar-refractivity contribution in [2.75, 3.05) is 18.0 Å². The second-order valence-electron chi connectivity index (χ2n) is 2.78. The van der Waals surface area contributed by atoms with E-state index in [-0.39, 0.29) is 5.56 Å². The molecule has 76 valence electrons. The van der Waals surface area contributed by atoms with E-state index in [1.54, 1.807) is 0 Å². The second kappa shape index (κ2) is 4.55. The van der Waals surface area contributed by atoms with Crippen LogP contribution in [0, 0.1) is 0 Å². The molecule has 0 aliphatic carbocycles. The summed E-state index contributed by atoms with van der Waals surface area (Å²) in [4.78, 5) is 12.6. The number of aromatic nitrogens is 2. The van der Waals surface area contributed by atoms with E-state index in [2.05, 4.69) is 10.2 Å². The normalized spacial score (nSPS) is 9.86. The molecular formula is C9H13N3O2. The zero-order valence-corrected chi connectivity index (χ0v) is 8.27. The van der Waals surface area contributed by atoms with Gasteiger partial charge in [-0.15, -0.1) is 5.10 Å². The van der Waals surface area contributed by atoms with E-state index in [0.29, 0.717) is 5.82 Å². The summed E-state index contributed by atoms with van der Waals surface area (Å²) in [5.41, 5.74) is 0.168. The number of carboxylic acids is 1. The standard InChI is InChI=1S/C9H13N3O2/c1-3-12(4-2)8-5-7(9(13)14)6-10-11-8/h5-6H,3-4H2,1-2H3,(H,13,14). The molecule has 1 N–H and O–H groups in total. The number of hydrogen-bond donors (Lipinski definition) is 1. The van der Waals surface area contributed by atoms with Crippen LogP contribution in [0.25, 0.3) is 0 Å². The Morgan fingerprint density at radius 1 is 1.50 bits per heavy atom. The molecule has 0 aliphatic heterocycles. The smallest absolute Gasteiger partial charge is 0.337 e. The predicted molar refractivity (Wildman–Crippen MR) is 52.6 cm³/mol. The fourth-order valence-electron chi connectivity index (χ4n) is 1.17. The summed E-state index contributed by atoms with van der Waals surface area (Å²) >= 11 is 0. The summed E-state index contributed by atoms with van der Waals surface area (Å²) in [6.07, 6.45) is 1.25.